The fraction of sp³-hybridized carbons (Fsp3) is 0.333. The first-order chi connectivity index (χ1) is 16.2. The molecule has 0 unspecified atom stereocenters. The van der Waals surface area contributed by atoms with Gasteiger partial charge in [0.25, 0.3) is 11.8 Å². The molecule has 34 heavy (non-hydrogen) atoms. The fourth-order valence-electron chi connectivity index (χ4n) is 2.90. The highest BCUT2D eigenvalue weighted by atomic mass is 79.9. The largest absolute Gasteiger partial charge is 0.484 e. The molecule has 9 nitrogen and oxygen atoms in total. The van der Waals surface area contributed by atoms with E-state index in [2.05, 4.69) is 31.8 Å². The molecular weight excluding hydrogens is 506 g/mol. The normalized spacial score (nSPS) is 11.8. The number of aryl methyl sites for hydroxylation is 1. The van der Waals surface area contributed by atoms with Crippen LogP contribution in [0.25, 0.3) is 0 Å². The van der Waals surface area contributed by atoms with Crippen molar-refractivity contribution in [2.24, 2.45) is 11.0 Å². The Morgan fingerprint density at radius 1 is 1.09 bits per heavy atom. The van der Waals surface area contributed by atoms with Crippen molar-refractivity contribution in [2.75, 3.05) is 13.2 Å². The van der Waals surface area contributed by atoms with Crippen LogP contribution in [0.3, 0.4) is 0 Å². The topological polar surface area (TPSA) is 126 Å². The van der Waals surface area contributed by atoms with Crippen LogP contribution in [0.2, 0.25) is 0 Å². The van der Waals surface area contributed by atoms with Crippen molar-refractivity contribution >= 4 is 39.9 Å². The summed E-state index contributed by atoms with van der Waals surface area (Å²) in [6, 6.07) is 11.5. The van der Waals surface area contributed by atoms with Crippen molar-refractivity contribution in [1.82, 2.24) is 10.7 Å². The Morgan fingerprint density at radius 3 is 2.44 bits per heavy atom. The first-order valence-corrected chi connectivity index (χ1v) is 11.4. The van der Waals surface area contributed by atoms with Gasteiger partial charge in [-0.25, -0.2) is 10.2 Å². The van der Waals surface area contributed by atoms with E-state index in [1.807, 2.05) is 39.0 Å². The molecule has 1 atom stereocenters. The summed E-state index contributed by atoms with van der Waals surface area (Å²) in [5.74, 6) is -0.797. The monoisotopic (exact) mass is 533 g/mol. The van der Waals surface area contributed by atoms with Crippen molar-refractivity contribution in [3.05, 3.63) is 58.1 Å². The summed E-state index contributed by atoms with van der Waals surface area (Å²) in [4.78, 5) is 35.6. The average Bonchev–Trinajstić information content (AvgIpc) is 2.77. The second-order valence-electron chi connectivity index (χ2n) is 7.91. The van der Waals surface area contributed by atoms with Crippen molar-refractivity contribution in [2.45, 2.75) is 33.2 Å². The Morgan fingerprint density at radius 2 is 1.79 bits per heavy atom. The van der Waals surface area contributed by atoms with Gasteiger partial charge in [-0.15, -0.1) is 0 Å². The van der Waals surface area contributed by atoms with Gasteiger partial charge in [0.1, 0.15) is 17.5 Å². The lowest BCUT2D eigenvalue weighted by atomic mass is 10.0. The van der Waals surface area contributed by atoms with Gasteiger partial charge in [-0.1, -0.05) is 32.0 Å². The number of amides is 2. The van der Waals surface area contributed by atoms with Gasteiger partial charge < -0.3 is 19.9 Å². The second kappa shape index (κ2) is 13.3. The first-order valence-electron chi connectivity index (χ1n) is 10.6. The second-order valence-corrected chi connectivity index (χ2v) is 8.76. The molecule has 10 heteroatoms. The van der Waals surface area contributed by atoms with Gasteiger partial charge in [-0.2, -0.15) is 5.10 Å². The highest BCUT2D eigenvalue weighted by Gasteiger charge is 2.22. The number of carboxylic acids is 1. The van der Waals surface area contributed by atoms with Gasteiger partial charge in [-0.3, -0.25) is 9.59 Å². The third kappa shape index (κ3) is 9.22. The number of ether oxygens (including phenoxy) is 2. The lowest BCUT2D eigenvalue weighted by Crippen LogP contribution is -2.47. The molecule has 182 valence electrons. The first kappa shape index (κ1) is 26.8. The number of hydrogen-bond acceptors (Lipinski definition) is 6. The number of benzene rings is 2. The van der Waals surface area contributed by atoms with Crippen molar-refractivity contribution in [3.63, 3.8) is 0 Å². The summed E-state index contributed by atoms with van der Waals surface area (Å²) >= 11 is 3.31. The minimum Gasteiger partial charge on any atom is -0.484 e. The zero-order valence-electron chi connectivity index (χ0n) is 19.2. The SMILES string of the molecule is Cc1ccccc1OCC(=O)N[C@H](CC(C)C)C(=O)N/N=C\c1ccc(OCC(=O)O)c(Br)c1. The standard InChI is InChI=1S/C24H28BrN3O6/c1-15(2)10-19(27-22(29)13-33-20-7-5-4-6-16(20)3)24(32)28-26-12-17-8-9-21(18(25)11-17)34-14-23(30)31/h4-9,11-12,15,19H,10,13-14H2,1-3H3,(H,27,29)(H,28,32)(H,30,31)/b26-12-/t19-/m1/s1. The van der Waals surface area contributed by atoms with Gasteiger partial charge >= 0.3 is 5.97 Å². The molecule has 2 rings (SSSR count). The van der Waals surface area contributed by atoms with Crippen LogP contribution in [0.15, 0.2) is 52.0 Å². The number of hydrogen-bond donors (Lipinski definition) is 3. The van der Waals surface area contributed by atoms with Crippen LogP contribution in [0, 0.1) is 12.8 Å². The maximum Gasteiger partial charge on any atom is 0.341 e. The molecule has 0 aromatic heterocycles. The molecule has 0 saturated heterocycles. The van der Waals surface area contributed by atoms with Gasteiger partial charge in [-0.05, 0) is 70.6 Å². The number of nitrogens with one attached hydrogen (secondary N) is 2. The molecule has 0 bridgehead atoms. The Hall–Kier alpha value is -3.40. The number of carbonyl (C=O) groups is 3. The highest BCUT2D eigenvalue weighted by molar-refractivity contribution is 9.10. The molecule has 0 fully saturated rings. The molecule has 2 aromatic rings. The fourth-order valence-corrected chi connectivity index (χ4v) is 3.41. The Kier molecular flexibility index (Phi) is 10.5. The van der Waals surface area contributed by atoms with Crippen LogP contribution in [-0.2, 0) is 14.4 Å². The van der Waals surface area contributed by atoms with Gasteiger partial charge in [0.05, 0.1) is 10.7 Å². The molecule has 3 N–H and O–H groups in total. The lowest BCUT2D eigenvalue weighted by Gasteiger charge is -2.19. The number of hydrazone groups is 1. The van der Waals surface area contributed by atoms with Crippen molar-refractivity contribution in [1.29, 1.82) is 0 Å². The zero-order valence-corrected chi connectivity index (χ0v) is 20.8. The average molecular weight is 534 g/mol. The lowest BCUT2D eigenvalue weighted by molar-refractivity contribution is -0.139. The number of carbonyl (C=O) groups excluding carboxylic acids is 2. The Bertz CT molecular complexity index is 1040. The summed E-state index contributed by atoms with van der Waals surface area (Å²) in [5, 5.41) is 15.4. The van der Waals surface area contributed by atoms with E-state index in [0.29, 0.717) is 28.0 Å². The van der Waals surface area contributed by atoms with E-state index in [-0.39, 0.29) is 12.5 Å². The summed E-state index contributed by atoms with van der Waals surface area (Å²) < 4.78 is 11.2. The summed E-state index contributed by atoms with van der Waals surface area (Å²) in [7, 11) is 0. The molecule has 2 aromatic carbocycles. The smallest absolute Gasteiger partial charge is 0.341 e. The van der Waals surface area contributed by atoms with Crippen LogP contribution < -0.4 is 20.2 Å². The van der Waals surface area contributed by atoms with Crippen LogP contribution in [0.4, 0.5) is 0 Å². The van der Waals surface area contributed by atoms with E-state index in [0.717, 1.165) is 5.56 Å². The number of aliphatic carboxylic acids is 1. The van der Waals surface area contributed by atoms with E-state index in [4.69, 9.17) is 14.6 Å². The molecular formula is C24H28BrN3O6. The molecule has 2 amide bonds. The number of rotatable bonds is 12. The van der Waals surface area contributed by atoms with Crippen LogP contribution in [0.1, 0.15) is 31.4 Å². The third-order valence-electron chi connectivity index (χ3n) is 4.51. The van der Waals surface area contributed by atoms with Crippen molar-refractivity contribution < 1.29 is 29.0 Å². The van der Waals surface area contributed by atoms with E-state index < -0.39 is 30.4 Å². The quantitative estimate of drug-likeness (QED) is 0.284. The molecule has 0 saturated carbocycles. The van der Waals surface area contributed by atoms with Crippen molar-refractivity contribution in [3.8, 4) is 11.5 Å². The van der Waals surface area contributed by atoms with E-state index in [1.165, 1.54) is 6.21 Å². The van der Waals surface area contributed by atoms with E-state index >= 15 is 0 Å². The molecule has 0 aliphatic heterocycles. The van der Waals surface area contributed by atoms with Crippen LogP contribution in [-0.4, -0.2) is 48.4 Å². The molecule has 0 radical (unpaired) electrons. The molecule has 0 spiro atoms. The predicted octanol–water partition coefficient (Wildman–Crippen LogP) is 3.28. The Balaban J connectivity index is 1.93. The summed E-state index contributed by atoms with van der Waals surface area (Å²) in [6.07, 6.45) is 1.86. The van der Waals surface area contributed by atoms with E-state index in [9.17, 15) is 14.4 Å². The van der Waals surface area contributed by atoms with Gasteiger partial charge in [0.2, 0.25) is 0 Å². The Labute approximate surface area is 206 Å². The third-order valence-corrected chi connectivity index (χ3v) is 5.13. The number of carboxylic acid groups (broad SMARTS) is 1. The minimum atomic E-state index is -1.08. The maximum atomic E-state index is 12.6. The molecule has 0 aliphatic carbocycles. The molecule has 0 aliphatic rings. The van der Waals surface area contributed by atoms with Gasteiger partial charge in [0, 0.05) is 0 Å². The number of para-hydroxylation sites is 1. The minimum absolute atomic E-state index is 0.159. The van der Waals surface area contributed by atoms with Crippen LogP contribution >= 0.6 is 15.9 Å². The summed E-state index contributed by atoms with van der Waals surface area (Å²) in [5.41, 5.74) is 4.01. The predicted molar refractivity (Wildman–Crippen MR) is 131 cm³/mol. The number of halogens is 1. The maximum absolute atomic E-state index is 12.6. The van der Waals surface area contributed by atoms with Gasteiger partial charge in [0.15, 0.2) is 13.2 Å². The molecule has 0 heterocycles. The van der Waals surface area contributed by atoms with E-state index in [1.54, 1.807) is 24.3 Å². The number of nitrogens with zero attached hydrogens (tertiary/aromatic N) is 1. The summed E-state index contributed by atoms with van der Waals surface area (Å²) in [6.45, 7) is 5.12. The zero-order chi connectivity index (χ0) is 25.1. The highest BCUT2D eigenvalue weighted by Crippen LogP contribution is 2.25. The van der Waals surface area contributed by atoms with Crippen LogP contribution in [0.5, 0.6) is 11.5 Å².